The van der Waals surface area contributed by atoms with Crippen molar-refractivity contribution in [3.8, 4) is 5.75 Å². The van der Waals surface area contributed by atoms with Gasteiger partial charge in [-0.1, -0.05) is 24.3 Å². The van der Waals surface area contributed by atoms with Crippen LogP contribution < -0.4 is 15.4 Å². The molecular weight excluding hydrogens is 422 g/mol. The minimum atomic E-state index is -0.727. The summed E-state index contributed by atoms with van der Waals surface area (Å²) in [4.78, 5) is 44.4. The van der Waals surface area contributed by atoms with Crippen LogP contribution in [-0.4, -0.2) is 72.0 Å². The average Bonchev–Trinajstić information content (AvgIpc) is 3.28. The van der Waals surface area contributed by atoms with E-state index in [4.69, 9.17) is 4.74 Å². The van der Waals surface area contributed by atoms with E-state index in [1.165, 1.54) is 0 Å². The van der Waals surface area contributed by atoms with Gasteiger partial charge in [-0.3, -0.25) is 9.59 Å². The molecule has 0 spiro atoms. The van der Waals surface area contributed by atoms with Crippen molar-refractivity contribution in [2.24, 2.45) is 0 Å². The zero-order valence-corrected chi connectivity index (χ0v) is 18.6. The predicted octanol–water partition coefficient (Wildman–Crippen LogP) is 2.67. The first kappa shape index (κ1) is 22.2. The van der Waals surface area contributed by atoms with Crippen molar-refractivity contribution < 1.29 is 19.1 Å². The van der Waals surface area contributed by atoms with Crippen molar-refractivity contribution >= 4 is 34.4 Å². The van der Waals surface area contributed by atoms with Gasteiger partial charge in [-0.25, -0.2) is 4.79 Å². The van der Waals surface area contributed by atoms with Crippen LogP contribution in [0.25, 0.3) is 10.9 Å². The summed E-state index contributed by atoms with van der Waals surface area (Å²) in [6.45, 7) is 3.26. The summed E-state index contributed by atoms with van der Waals surface area (Å²) in [6.07, 6.45) is 0. The Hall–Kier alpha value is -4.01. The molecule has 2 aromatic carbocycles. The summed E-state index contributed by atoms with van der Waals surface area (Å²) in [5.41, 5.74) is 2.04. The van der Waals surface area contributed by atoms with E-state index in [2.05, 4.69) is 15.6 Å². The fraction of sp³-hybridized carbons (Fsp3) is 0.292. The molecule has 172 valence electrons. The smallest absolute Gasteiger partial charge is 0.318 e. The maximum Gasteiger partial charge on any atom is 0.318 e. The number of H-pyrrole nitrogens is 1. The van der Waals surface area contributed by atoms with E-state index >= 15 is 0 Å². The Kier molecular flexibility index (Phi) is 6.48. The van der Waals surface area contributed by atoms with Gasteiger partial charge in [0.05, 0.1) is 7.11 Å². The zero-order valence-electron chi connectivity index (χ0n) is 18.6. The molecule has 1 aliphatic heterocycles. The highest BCUT2D eigenvalue weighted by Crippen LogP contribution is 2.18. The molecule has 3 aromatic rings. The number of urea groups is 1. The Bertz CT molecular complexity index is 1130. The van der Waals surface area contributed by atoms with E-state index in [9.17, 15) is 14.4 Å². The number of carbonyl (C=O) groups excluding carboxylic acids is 3. The Balaban J connectivity index is 1.27. The fourth-order valence-corrected chi connectivity index (χ4v) is 3.76. The molecule has 1 fully saturated rings. The lowest BCUT2D eigenvalue weighted by atomic mass is 10.2. The largest absolute Gasteiger partial charge is 0.497 e. The molecule has 1 aliphatic rings. The average molecular weight is 450 g/mol. The minimum absolute atomic E-state index is 0.0858. The topological polar surface area (TPSA) is 107 Å². The van der Waals surface area contributed by atoms with Crippen molar-refractivity contribution in [1.82, 2.24) is 20.1 Å². The number of anilines is 1. The van der Waals surface area contributed by atoms with E-state index in [0.717, 1.165) is 10.9 Å². The number of amides is 4. The number of hydrogen-bond donors (Lipinski definition) is 3. The van der Waals surface area contributed by atoms with Gasteiger partial charge >= 0.3 is 6.03 Å². The number of carbonyl (C=O) groups is 3. The van der Waals surface area contributed by atoms with Gasteiger partial charge in [-0.05, 0) is 31.2 Å². The number of nitrogens with zero attached hydrogens (tertiary/aromatic N) is 2. The minimum Gasteiger partial charge on any atom is -0.497 e. The maximum absolute atomic E-state index is 12.8. The molecule has 0 bridgehead atoms. The quantitative estimate of drug-likeness (QED) is 0.557. The molecule has 0 unspecified atom stereocenters. The van der Waals surface area contributed by atoms with Crippen LogP contribution in [0.1, 0.15) is 17.4 Å². The van der Waals surface area contributed by atoms with Crippen LogP contribution in [0.5, 0.6) is 5.75 Å². The first-order valence-electron chi connectivity index (χ1n) is 10.8. The third-order valence-electron chi connectivity index (χ3n) is 5.69. The molecule has 0 aliphatic carbocycles. The number of para-hydroxylation sites is 1. The van der Waals surface area contributed by atoms with Crippen LogP contribution >= 0.6 is 0 Å². The molecule has 2 heterocycles. The molecule has 1 atom stereocenters. The number of benzene rings is 2. The van der Waals surface area contributed by atoms with Crippen molar-refractivity contribution in [2.75, 3.05) is 38.6 Å². The van der Waals surface area contributed by atoms with E-state index < -0.39 is 6.04 Å². The molecule has 9 heteroatoms. The zero-order chi connectivity index (χ0) is 23.4. The number of fused-ring (bicyclic) bond motifs is 1. The fourth-order valence-electron chi connectivity index (χ4n) is 3.76. The highest BCUT2D eigenvalue weighted by atomic mass is 16.5. The molecular formula is C24H27N5O4. The maximum atomic E-state index is 12.8. The Morgan fingerprint density at radius 3 is 2.42 bits per heavy atom. The first-order chi connectivity index (χ1) is 15.9. The third kappa shape index (κ3) is 5.08. The second-order valence-corrected chi connectivity index (χ2v) is 7.94. The van der Waals surface area contributed by atoms with E-state index in [0.29, 0.717) is 43.3 Å². The Labute approximate surface area is 191 Å². The highest BCUT2D eigenvalue weighted by Gasteiger charge is 2.27. The monoisotopic (exact) mass is 449 g/mol. The molecule has 1 saturated heterocycles. The first-order valence-corrected chi connectivity index (χ1v) is 10.8. The molecule has 3 N–H and O–H groups in total. The molecule has 1 aromatic heterocycles. The summed E-state index contributed by atoms with van der Waals surface area (Å²) >= 11 is 0. The van der Waals surface area contributed by atoms with E-state index in [-0.39, 0.29) is 17.8 Å². The number of piperazine rings is 1. The van der Waals surface area contributed by atoms with Crippen molar-refractivity contribution in [2.45, 2.75) is 13.0 Å². The van der Waals surface area contributed by atoms with Crippen LogP contribution in [0.4, 0.5) is 10.5 Å². The normalized spacial score (nSPS) is 14.6. The van der Waals surface area contributed by atoms with Gasteiger partial charge in [-0.15, -0.1) is 0 Å². The summed E-state index contributed by atoms with van der Waals surface area (Å²) in [5.74, 6) is 0.214. The summed E-state index contributed by atoms with van der Waals surface area (Å²) in [6, 6.07) is 15.5. The van der Waals surface area contributed by atoms with Gasteiger partial charge in [0.25, 0.3) is 5.91 Å². The molecule has 4 amide bonds. The van der Waals surface area contributed by atoms with Gasteiger partial charge in [-0.2, -0.15) is 0 Å². The van der Waals surface area contributed by atoms with Gasteiger partial charge in [0.1, 0.15) is 17.5 Å². The third-order valence-corrected chi connectivity index (χ3v) is 5.69. The molecule has 4 rings (SSSR count). The Morgan fingerprint density at radius 1 is 0.970 bits per heavy atom. The number of hydrogen-bond acceptors (Lipinski definition) is 4. The molecule has 9 nitrogen and oxygen atoms in total. The molecule has 0 radical (unpaired) electrons. The van der Waals surface area contributed by atoms with Crippen molar-refractivity contribution in [3.05, 3.63) is 60.3 Å². The van der Waals surface area contributed by atoms with Crippen LogP contribution in [0.15, 0.2) is 54.6 Å². The number of ether oxygens (including phenoxy) is 1. The van der Waals surface area contributed by atoms with E-state index in [1.54, 1.807) is 48.1 Å². The lowest BCUT2D eigenvalue weighted by Crippen LogP contribution is -2.55. The van der Waals surface area contributed by atoms with Gasteiger partial charge in [0.2, 0.25) is 5.91 Å². The van der Waals surface area contributed by atoms with Gasteiger partial charge < -0.3 is 30.2 Å². The van der Waals surface area contributed by atoms with Crippen LogP contribution in [0.2, 0.25) is 0 Å². The van der Waals surface area contributed by atoms with Crippen molar-refractivity contribution in [1.29, 1.82) is 0 Å². The number of aromatic nitrogens is 1. The van der Waals surface area contributed by atoms with Crippen LogP contribution in [0, 0.1) is 0 Å². The standard InChI is InChI=1S/C24H27N5O4/c1-16(22(30)26-18-7-5-8-19(15-18)33-2)25-24(32)29-12-10-28(11-13-29)23(31)21-14-17-6-3-4-9-20(17)27-21/h3-9,14-16,27H,10-13H2,1-2H3,(H,25,32)(H,26,30)/t16-/m1/s1. The second-order valence-electron chi connectivity index (χ2n) is 7.94. The summed E-state index contributed by atoms with van der Waals surface area (Å²) in [5, 5.41) is 6.48. The lowest BCUT2D eigenvalue weighted by Gasteiger charge is -2.35. The summed E-state index contributed by atoms with van der Waals surface area (Å²) in [7, 11) is 1.55. The second kappa shape index (κ2) is 9.64. The SMILES string of the molecule is COc1cccc(NC(=O)[C@@H](C)NC(=O)N2CCN(C(=O)c3cc4ccccc4[nH]3)CC2)c1. The van der Waals surface area contributed by atoms with E-state index in [1.807, 2.05) is 30.3 Å². The number of rotatable bonds is 5. The van der Waals surface area contributed by atoms with Crippen LogP contribution in [0.3, 0.4) is 0 Å². The van der Waals surface area contributed by atoms with Gasteiger partial charge in [0, 0.05) is 48.8 Å². The van der Waals surface area contributed by atoms with Crippen molar-refractivity contribution in [3.63, 3.8) is 0 Å². The van der Waals surface area contributed by atoms with Gasteiger partial charge in [0.15, 0.2) is 0 Å². The Morgan fingerprint density at radius 2 is 1.70 bits per heavy atom. The predicted molar refractivity (Wildman–Crippen MR) is 125 cm³/mol. The number of nitrogens with one attached hydrogen (secondary N) is 3. The highest BCUT2D eigenvalue weighted by molar-refractivity contribution is 5.98. The number of aromatic amines is 1. The number of methoxy groups -OCH3 is 1. The molecule has 0 saturated carbocycles. The lowest BCUT2D eigenvalue weighted by molar-refractivity contribution is -0.117. The molecule has 33 heavy (non-hydrogen) atoms. The summed E-state index contributed by atoms with van der Waals surface area (Å²) < 4.78 is 5.15. The van der Waals surface area contributed by atoms with Crippen LogP contribution in [-0.2, 0) is 4.79 Å².